The van der Waals surface area contributed by atoms with Gasteiger partial charge >= 0.3 is 12.4 Å². The molecule has 0 aromatic carbocycles. The van der Waals surface area contributed by atoms with Crippen molar-refractivity contribution in [3.05, 3.63) is 0 Å². The van der Waals surface area contributed by atoms with Gasteiger partial charge in [-0.05, 0) is 0 Å². The molecule has 0 aliphatic carbocycles. The molecule has 1 saturated heterocycles. The molecule has 1 aliphatic rings. The molecule has 0 saturated carbocycles. The molecule has 8 heteroatoms. The molecular formula is C8H12F6N2. The second-order valence-corrected chi connectivity index (χ2v) is 3.79. The van der Waals surface area contributed by atoms with Crippen LogP contribution >= 0.6 is 0 Å². The third-order valence-corrected chi connectivity index (χ3v) is 2.34. The lowest BCUT2D eigenvalue weighted by Crippen LogP contribution is -2.41. The number of nitrogens with zero attached hydrogens (tertiary/aromatic N) is 1. The largest absolute Gasteiger partial charge is 0.401 e. The van der Waals surface area contributed by atoms with Crippen molar-refractivity contribution >= 4 is 0 Å². The lowest BCUT2D eigenvalue weighted by atomic mass is 10.1. The molecular weight excluding hydrogens is 238 g/mol. The van der Waals surface area contributed by atoms with E-state index in [2.05, 4.69) is 5.32 Å². The van der Waals surface area contributed by atoms with Crippen molar-refractivity contribution in [2.24, 2.45) is 5.92 Å². The smallest absolute Gasteiger partial charge is 0.315 e. The molecule has 0 aromatic rings. The summed E-state index contributed by atoms with van der Waals surface area (Å²) >= 11 is 0. The molecule has 1 fully saturated rings. The maximum absolute atomic E-state index is 12.4. The van der Waals surface area contributed by atoms with E-state index < -0.39 is 31.4 Å². The summed E-state index contributed by atoms with van der Waals surface area (Å²) in [6, 6.07) is 0. The van der Waals surface area contributed by atoms with Gasteiger partial charge in [0.25, 0.3) is 0 Å². The molecule has 0 amide bonds. The minimum atomic E-state index is -4.46. The van der Waals surface area contributed by atoms with Crippen LogP contribution in [0.5, 0.6) is 0 Å². The van der Waals surface area contributed by atoms with E-state index in [1.807, 2.05) is 0 Å². The Morgan fingerprint density at radius 2 is 1.75 bits per heavy atom. The van der Waals surface area contributed by atoms with Gasteiger partial charge in [-0.1, -0.05) is 0 Å². The summed E-state index contributed by atoms with van der Waals surface area (Å²) in [6.45, 7) is -2.09. The lowest BCUT2D eigenvalue weighted by Gasteiger charge is -2.25. The highest BCUT2D eigenvalue weighted by atomic mass is 19.4. The predicted molar refractivity (Wildman–Crippen MR) is 44.9 cm³/mol. The first-order valence-electron chi connectivity index (χ1n) is 4.75. The number of halogens is 6. The van der Waals surface area contributed by atoms with Crippen LogP contribution in [-0.2, 0) is 0 Å². The second kappa shape index (κ2) is 4.79. The summed E-state index contributed by atoms with van der Waals surface area (Å²) < 4.78 is 73.3. The fourth-order valence-corrected chi connectivity index (χ4v) is 1.60. The van der Waals surface area contributed by atoms with Gasteiger partial charge in [0.2, 0.25) is 0 Å². The van der Waals surface area contributed by atoms with Gasteiger partial charge in [0, 0.05) is 26.2 Å². The standard InChI is InChI=1S/C8H12F6N2/c9-7(10,11)5-16-2-1-15-3-6(4-16)8(12,13)14/h6,15H,1-5H2. The summed E-state index contributed by atoms with van der Waals surface area (Å²) in [6.07, 6.45) is -8.92. The quantitative estimate of drug-likeness (QED) is 0.712. The highest BCUT2D eigenvalue weighted by molar-refractivity contribution is 4.79. The van der Waals surface area contributed by atoms with E-state index >= 15 is 0 Å². The van der Waals surface area contributed by atoms with Crippen LogP contribution in [0, 0.1) is 5.92 Å². The molecule has 0 aromatic heterocycles. The number of hydrogen-bond acceptors (Lipinski definition) is 2. The van der Waals surface area contributed by atoms with Gasteiger partial charge in [-0.25, -0.2) is 0 Å². The minimum Gasteiger partial charge on any atom is -0.315 e. The maximum Gasteiger partial charge on any atom is 0.401 e. The lowest BCUT2D eigenvalue weighted by molar-refractivity contribution is -0.185. The van der Waals surface area contributed by atoms with Gasteiger partial charge < -0.3 is 5.32 Å². The van der Waals surface area contributed by atoms with Crippen LogP contribution in [0.15, 0.2) is 0 Å². The first kappa shape index (κ1) is 13.6. The Kier molecular flexibility index (Phi) is 4.06. The minimum absolute atomic E-state index is 0.0217. The first-order valence-corrected chi connectivity index (χ1v) is 4.75. The van der Waals surface area contributed by atoms with Crippen molar-refractivity contribution in [3.8, 4) is 0 Å². The highest BCUT2D eigenvalue weighted by Gasteiger charge is 2.42. The van der Waals surface area contributed by atoms with Gasteiger partial charge in [-0.3, -0.25) is 4.90 Å². The highest BCUT2D eigenvalue weighted by Crippen LogP contribution is 2.28. The van der Waals surface area contributed by atoms with Crippen molar-refractivity contribution in [1.82, 2.24) is 10.2 Å². The van der Waals surface area contributed by atoms with Crippen LogP contribution in [-0.4, -0.2) is 50.0 Å². The third kappa shape index (κ3) is 4.56. The van der Waals surface area contributed by atoms with Gasteiger partial charge in [0.1, 0.15) is 0 Å². The molecule has 1 unspecified atom stereocenters. The molecule has 16 heavy (non-hydrogen) atoms. The Morgan fingerprint density at radius 1 is 1.12 bits per heavy atom. The Morgan fingerprint density at radius 3 is 2.25 bits per heavy atom. The zero-order valence-electron chi connectivity index (χ0n) is 8.33. The number of alkyl halides is 6. The average Bonchev–Trinajstić information content (AvgIpc) is 2.25. The van der Waals surface area contributed by atoms with Crippen LogP contribution in [0.4, 0.5) is 26.3 Å². The molecule has 1 atom stereocenters. The van der Waals surface area contributed by atoms with Crippen LogP contribution in [0.3, 0.4) is 0 Å². The molecule has 2 nitrogen and oxygen atoms in total. The monoisotopic (exact) mass is 250 g/mol. The van der Waals surface area contributed by atoms with Crippen molar-refractivity contribution < 1.29 is 26.3 Å². The summed E-state index contributed by atoms with van der Waals surface area (Å²) in [7, 11) is 0. The number of nitrogens with one attached hydrogen (secondary N) is 1. The molecule has 0 radical (unpaired) electrons. The molecule has 0 spiro atoms. The normalized spacial score (nSPS) is 25.5. The molecule has 96 valence electrons. The molecule has 1 N–H and O–H groups in total. The Bertz CT molecular complexity index is 224. The number of rotatable bonds is 1. The van der Waals surface area contributed by atoms with E-state index in [4.69, 9.17) is 0 Å². The van der Waals surface area contributed by atoms with Crippen LogP contribution in [0.25, 0.3) is 0 Å². The van der Waals surface area contributed by atoms with Crippen molar-refractivity contribution in [1.29, 1.82) is 0 Å². The van der Waals surface area contributed by atoms with Crippen LogP contribution in [0.2, 0.25) is 0 Å². The zero-order valence-corrected chi connectivity index (χ0v) is 8.33. The Balaban J connectivity index is 2.59. The zero-order chi connectivity index (χ0) is 12.4. The SMILES string of the molecule is FC(F)(F)CN1CCNCC(C(F)(F)F)C1. The van der Waals surface area contributed by atoms with Crippen LogP contribution in [0.1, 0.15) is 0 Å². The summed E-state index contributed by atoms with van der Waals surface area (Å²) in [5, 5.41) is 2.49. The van der Waals surface area contributed by atoms with E-state index in [-0.39, 0.29) is 19.6 Å². The molecule has 1 rings (SSSR count). The molecule has 1 heterocycles. The number of hydrogen-bond donors (Lipinski definition) is 1. The van der Waals surface area contributed by atoms with Gasteiger partial charge in [0.05, 0.1) is 12.5 Å². The van der Waals surface area contributed by atoms with Gasteiger partial charge in [-0.15, -0.1) is 0 Å². The van der Waals surface area contributed by atoms with E-state index in [0.717, 1.165) is 4.90 Å². The second-order valence-electron chi connectivity index (χ2n) is 3.79. The van der Waals surface area contributed by atoms with E-state index in [1.165, 1.54) is 0 Å². The van der Waals surface area contributed by atoms with E-state index in [1.54, 1.807) is 0 Å². The topological polar surface area (TPSA) is 15.3 Å². The first-order chi connectivity index (χ1) is 7.18. The average molecular weight is 250 g/mol. The third-order valence-electron chi connectivity index (χ3n) is 2.34. The predicted octanol–water partition coefficient (Wildman–Crippen LogP) is 1.63. The van der Waals surface area contributed by atoms with Gasteiger partial charge in [0.15, 0.2) is 0 Å². The summed E-state index contributed by atoms with van der Waals surface area (Å²) in [5.41, 5.74) is 0. The molecule has 0 bridgehead atoms. The summed E-state index contributed by atoms with van der Waals surface area (Å²) in [4.78, 5) is 0.790. The van der Waals surface area contributed by atoms with Crippen molar-refractivity contribution in [3.63, 3.8) is 0 Å². The van der Waals surface area contributed by atoms with Gasteiger partial charge in [-0.2, -0.15) is 26.3 Å². The van der Waals surface area contributed by atoms with E-state index in [9.17, 15) is 26.3 Å². The Labute approximate surface area is 88.6 Å². The van der Waals surface area contributed by atoms with Crippen molar-refractivity contribution in [2.45, 2.75) is 12.4 Å². The molecule has 1 aliphatic heterocycles. The fraction of sp³-hybridized carbons (Fsp3) is 1.00. The van der Waals surface area contributed by atoms with E-state index in [0.29, 0.717) is 0 Å². The fourth-order valence-electron chi connectivity index (χ4n) is 1.60. The maximum atomic E-state index is 12.4. The summed E-state index contributed by atoms with van der Waals surface area (Å²) in [5.74, 6) is -1.74. The van der Waals surface area contributed by atoms with Crippen LogP contribution < -0.4 is 5.32 Å². The van der Waals surface area contributed by atoms with Crippen molar-refractivity contribution in [2.75, 3.05) is 32.7 Å². The Hall–Kier alpha value is -0.500.